The first-order chi connectivity index (χ1) is 28.7. The van der Waals surface area contributed by atoms with Crippen molar-refractivity contribution < 1.29 is 4.74 Å². The molecule has 58 heavy (non-hydrogen) atoms. The van der Waals surface area contributed by atoms with Crippen molar-refractivity contribution in [3.8, 4) is 74.0 Å². The molecule has 0 spiro atoms. The minimum Gasteiger partial charge on any atom is -0.457 e. The van der Waals surface area contributed by atoms with Crippen LogP contribution < -0.4 is 4.74 Å². The largest absolute Gasteiger partial charge is 0.457 e. The van der Waals surface area contributed by atoms with Crippen LogP contribution in [0.25, 0.3) is 56.4 Å². The summed E-state index contributed by atoms with van der Waals surface area (Å²) in [7, 11) is 0. The normalized spacial score (nSPS) is 12.4. The molecule has 0 saturated carbocycles. The predicted molar refractivity (Wildman–Crippen MR) is 230 cm³/mol. The first-order valence-electron chi connectivity index (χ1n) is 19.2. The molecule has 5 heteroatoms. The summed E-state index contributed by atoms with van der Waals surface area (Å²) >= 11 is 0. The molecule has 0 amide bonds. The number of benzene rings is 8. The maximum absolute atomic E-state index is 9.35. The van der Waals surface area contributed by atoms with E-state index in [0.717, 1.165) is 61.6 Å². The van der Waals surface area contributed by atoms with Crippen molar-refractivity contribution in [2.75, 3.05) is 0 Å². The molecule has 10 rings (SSSR count). The van der Waals surface area contributed by atoms with Gasteiger partial charge in [0.05, 0.1) is 17.0 Å². The lowest BCUT2D eigenvalue weighted by atomic mass is 9.62. The van der Waals surface area contributed by atoms with Gasteiger partial charge in [0.1, 0.15) is 11.5 Å². The molecule has 272 valence electrons. The Balaban J connectivity index is 1.08. The molecule has 0 bridgehead atoms. The molecule has 8 aromatic carbocycles. The molecule has 1 aliphatic rings. The van der Waals surface area contributed by atoms with E-state index in [-0.39, 0.29) is 0 Å². The number of hydrogen-bond acceptors (Lipinski definition) is 5. The van der Waals surface area contributed by atoms with Crippen LogP contribution in [0.4, 0.5) is 0 Å². The number of aromatic nitrogens is 3. The third-order valence-electron chi connectivity index (χ3n) is 10.9. The van der Waals surface area contributed by atoms with Crippen LogP contribution in [-0.2, 0) is 5.41 Å². The molecular formula is C53H34N4O. The zero-order chi connectivity index (χ0) is 38.9. The highest BCUT2D eigenvalue weighted by Crippen LogP contribution is 2.57. The van der Waals surface area contributed by atoms with E-state index in [4.69, 9.17) is 19.7 Å². The van der Waals surface area contributed by atoms with Crippen molar-refractivity contribution in [3.63, 3.8) is 0 Å². The van der Waals surface area contributed by atoms with Crippen molar-refractivity contribution in [2.24, 2.45) is 0 Å². The van der Waals surface area contributed by atoms with Gasteiger partial charge in [0.15, 0.2) is 17.5 Å². The van der Waals surface area contributed by atoms with Crippen LogP contribution in [-0.4, -0.2) is 15.0 Å². The Bertz CT molecular complexity index is 2920. The molecule has 0 saturated heterocycles. The van der Waals surface area contributed by atoms with Crippen molar-refractivity contribution in [1.82, 2.24) is 15.0 Å². The number of para-hydroxylation sites is 1. The number of rotatable bonds is 7. The van der Waals surface area contributed by atoms with E-state index in [0.29, 0.717) is 23.0 Å². The van der Waals surface area contributed by atoms with Gasteiger partial charge in [-0.25, -0.2) is 15.0 Å². The topological polar surface area (TPSA) is 71.7 Å². The van der Waals surface area contributed by atoms with Crippen LogP contribution in [0.2, 0.25) is 0 Å². The van der Waals surface area contributed by atoms with Crippen molar-refractivity contribution >= 4 is 0 Å². The first-order valence-corrected chi connectivity index (χ1v) is 19.2. The van der Waals surface area contributed by atoms with Gasteiger partial charge in [0.25, 0.3) is 0 Å². The lowest BCUT2D eigenvalue weighted by Gasteiger charge is -2.42. The average Bonchev–Trinajstić information content (AvgIpc) is 3.31. The second-order valence-electron chi connectivity index (χ2n) is 14.3. The summed E-state index contributed by atoms with van der Waals surface area (Å²) in [4.78, 5) is 14.7. The lowest BCUT2D eigenvalue weighted by Crippen LogP contribution is -2.34. The monoisotopic (exact) mass is 742 g/mol. The Hall–Kier alpha value is -7.94. The minimum absolute atomic E-state index is 0.546. The molecular weight excluding hydrogens is 709 g/mol. The van der Waals surface area contributed by atoms with Crippen molar-refractivity contribution in [3.05, 3.63) is 234 Å². The highest BCUT2D eigenvalue weighted by molar-refractivity contribution is 5.83. The van der Waals surface area contributed by atoms with Crippen LogP contribution in [0, 0.1) is 11.3 Å². The Kier molecular flexibility index (Phi) is 8.70. The third-order valence-corrected chi connectivity index (χ3v) is 10.9. The SMILES string of the molecule is N#Cc1ccc(-c2nc(-c3ccccc3)nc(-c3ccc(-c4cccc(-c5cccc6c5C(c5ccccc5)(c5ccccc5)c5ccccc5O6)c4)cc3)n2)cc1. The van der Waals surface area contributed by atoms with Crippen LogP contribution in [0.3, 0.4) is 0 Å². The molecule has 0 radical (unpaired) electrons. The molecule has 1 aliphatic heterocycles. The second kappa shape index (κ2) is 14.6. The highest BCUT2D eigenvalue weighted by Gasteiger charge is 2.46. The summed E-state index contributed by atoms with van der Waals surface area (Å²) in [5.41, 5.74) is 11.4. The fourth-order valence-electron chi connectivity index (χ4n) is 8.23. The predicted octanol–water partition coefficient (Wildman–Crippen LogP) is 12.6. The van der Waals surface area contributed by atoms with Crippen molar-refractivity contribution in [1.29, 1.82) is 5.26 Å². The lowest BCUT2D eigenvalue weighted by molar-refractivity contribution is 0.435. The number of fused-ring (bicyclic) bond motifs is 2. The smallest absolute Gasteiger partial charge is 0.164 e. The van der Waals surface area contributed by atoms with Gasteiger partial charge in [-0.3, -0.25) is 0 Å². The van der Waals surface area contributed by atoms with E-state index in [1.54, 1.807) is 12.1 Å². The minimum atomic E-state index is -0.638. The Morgan fingerprint density at radius 1 is 0.397 bits per heavy atom. The molecule has 0 fully saturated rings. The summed E-state index contributed by atoms with van der Waals surface area (Å²) in [6.07, 6.45) is 0. The van der Waals surface area contributed by atoms with Crippen LogP contribution in [0.1, 0.15) is 27.8 Å². The van der Waals surface area contributed by atoms with Gasteiger partial charge in [-0.2, -0.15) is 5.26 Å². The van der Waals surface area contributed by atoms with Crippen LogP contribution in [0.5, 0.6) is 11.5 Å². The zero-order valence-electron chi connectivity index (χ0n) is 31.3. The molecule has 1 aromatic heterocycles. The summed E-state index contributed by atoms with van der Waals surface area (Å²) < 4.78 is 6.76. The number of nitrogens with zero attached hydrogens (tertiary/aromatic N) is 4. The molecule has 0 aliphatic carbocycles. The molecule has 0 N–H and O–H groups in total. The van der Waals surface area contributed by atoms with E-state index in [9.17, 15) is 5.26 Å². The van der Waals surface area contributed by atoms with Gasteiger partial charge in [0.2, 0.25) is 0 Å². The summed E-state index contributed by atoms with van der Waals surface area (Å²) in [6.45, 7) is 0. The molecule has 0 unspecified atom stereocenters. The van der Waals surface area contributed by atoms with E-state index in [2.05, 4.69) is 152 Å². The van der Waals surface area contributed by atoms with Gasteiger partial charge in [-0.1, -0.05) is 164 Å². The van der Waals surface area contributed by atoms with E-state index >= 15 is 0 Å². The highest BCUT2D eigenvalue weighted by atomic mass is 16.5. The van der Waals surface area contributed by atoms with Gasteiger partial charge >= 0.3 is 0 Å². The number of hydrogen-bond donors (Lipinski definition) is 0. The summed E-state index contributed by atoms with van der Waals surface area (Å²) in [5, 5.41) is 9.35. The first kappa shape index (κ1) is 34.5. The average molecular weight is 743 g/mol. The van der Waals surface area contributed by atoms with Crippen LogP contribution in [0.15, 0.2) is 206 Å². The fourth-order valence-corrected chi connectivity index (χ4v) is 8.23. The van der Waals surface area contributed by atoms with Gasteiger partial charge in [0, 0.05) is 27.8 Å². The Morgan fingerprint density at radius 2 is 0.862 bits per heavy atom. The maximum Gasteiger partial charge on any atom is 0.164 e. The summed E-state index contributed by atoms with van der Waals surface area (Å²) in [5.74, 6) is 3.40. The third kappa shape index (κ3) is 6.01. The molecule has 9 aromatic rings. The molecule has 2 heterocycles. The fraction of sp³-hybridized carbons (Fsp3) is 0.0189. The van der Waals surface area contributed by atoms with E-state index in [1.165, 1.54) is 11.1 Å². The zero-order valence-corrected chi connectivity index (χ0v) is 31.3. The van der Waals surface area contributed by atoms with Gasteiger partial charge < -0.3 is 4.74 Å². The van der Waals surface area contributed by atoms with Gasteiger partial charge in [-0.05, 0) is 75.8 Å². The van der Waals surface area contributed by atoms with Crippen LogP contribution >= 0.6 is 0 Å². The maximum atomic E-state index is 9.35. The van der Waals surface area contributed by atoms with Crippen molar-refractivity contribution in [2.45, 2.75) is 5.41 Å². The standard InChI is InChI=1S/C53H34N4O/c54-35-36-26-28-39(29-27-36)51-55-50(38-14-4-1-5-15-38)56-52(57-51)40-32-30-37(31-33-40)41-16-12-17-42(34-41)45-22-13-25-48-49(45)53(43-18-6-2-7-19-43,44-20-8-3-9-21-44)46-23-10-11-24-47(46)58-48/h1-34H. The summed E-state index contributed by atoms with van der Waals surface area (Å²) in [6, 6.07) is 73.0. The number of nitriles is 1. The molecule has 5 nitrogen and oxygen atoms in total. The Morgan fingerprint density at radius 3 is 1.48 bits per heavy atom. The van der Waals surface area contributed by atoms with E-state index in [1.807, 2.05) is 48.5 Å². The van der Waals surface area contributed by atoms with E-state index < -0.39 is 5.41 Å². The quantitative estimate of drug-likeness (QED) is 0.163. The Labute approximate surface area is 337 Å². The number of ether oxygens (including phenoxy) is 1. The molecule has 0 atom stereocenters. The van der Waals surface area contributed by atoms with Gasteiger partial charge in [-0.15, -0.1) is 0 Å². The second-order valence-corrected chi connectivity index (χ2v) is 14.3.